The molecule has 2 fully saturated rings. The van der Waals surface area contributed by atoms with Crippen molar-refractivity contribution in [1.29, 1.82) is 0 Å². The van der Waals surface area contributed by atoms with E-state index in [4.69, 9.17) is 9.47 Å². The molecule has 0 spiro atoms. The maximum atomic E-state index is 13.8. The second kappa shape index (κ2) is 6.13. The quantitative estimate of drug-likeness (QED) is 0.820. The van der Waals surface area contributed by atoms with Gasteiger partial charge in [0.1, 0.15) is 11.5 Å². The van der Waals surface area contributed by atoms with Crippen molar-refractivity contribution in [2.24, 2.45) is 0 Å². The van der Waals surface area contributed by atoms with Crippen LogP contribution in [0, 0.1) is 0 Å². The smallest absolute Gasteiger partial charge is 0.235 e. The molecule has 2 saturated heterocycles. The van der Waals surface area contributed by atoms with Crippen molar-refractivity contribution in [2.45, 2.75) is 49.8 Å². The van der Waals surface area contributed by atoms with Gasteiger partial charge in [-0.1, -0.05) is 36.4 Å². The fourth-order valence-corrected chi connectivity index (χ4v) is 5.00. The molecule has 4 nitrogen and oxygen atoms in total. The first-order chi connectivity index (χ1) is 12.8. The van der Waals surface area contributed by atoms with E-state index in [2.05, 4.69) is 4.90 Å². The van der Waals surface area contributed by atoms with Crippen LogP contribution in [0.15, 0.2) is 48.5 Å². The number of carbonyl (C=O) groups is 1. The minimum absolute atomic E-state index is 0.218. The largest absolute Gasteiger partial charge is 0.457 e. The number of ether oxygens (including phenoxy) is 2. The summed E-state index contributed by atoms with van der Waals surface area (Å²) in [5.74, 6) is 1.53. The molecule has 0 aliphatic carbocycles. The van der Waals surface area contributed by atoms with Gasteiger partial charge >= 0.3 is 0 Å². The molecule has 2 bridgehead atoms. The second-order valence-electron chi connectivity index (χ2n) is 7.57. The van der Waals surface area contributed by atoms with Crippen molar-refractivity contribution >= 4 is 5.91 Å². The van der Waals surface area contributed by atoms with Gasteiger partial charge in [0.05, 0.1) is 12.0 Å². The Balaban J connectivity index is 1.55. The summed E-state index contributed by atoms with van der Waals surface area (Å²) in [6.45, 7) is 0. The Morgan fingerprint density at radius 3 is 2.04 bits per heavy atom. The molecule has 5 rings (SSSR count). The summed E-state index contributed by atoms with van der Waals surface area (Å²) in [4.78, 5) is 15.9. The van der Waals surface area contributed by atoms with E-state index in [1.165, 1.54) is 0 Å². The third-order valence-corrected chi connectivity index (χ3v) is 6.20. The number of piperidine rings is 1. The standard InChI is InChI=1S/C22H23NO3/c1-25-16-12-14-10-11-15(13-16)23(14)22(24)21-17-6-2-4-8-19(17)26-20-9-5-3-7-18(20)21/h2-9,14-16,21H,10-13H2,1H3. The van der Waals surface area contributed by atoms with Crippen molar-refractivity contribution in [1.82, 2.24) is 4.90 Å². The maximum Gasteiger partial charge on any atom is 0.235 e. The Morgan fingerprint density at radius 1 is 0.962 bits per heavy atom. The molecule has 3 aliphatic heterocycles. The predicted octanol–water partition coefficient (Wildman–Crippen LogP) is 4.09. The topological polar surface area (TPSA) is 38.8 Å². The molecule has 2 unspecified atom stereocenters. The molecule has 3 heterocycles. The molecule has 2 atom stereocenters. The Morgan fingerprint density at radius 2 is 1.50 bits per heavy atom. The lowest BCUT2D eigenvalue weighted by atomic mass is 9.85. The average Bonchev–Trinajstić information content (AvgIpc) is 2.95. The van der Waals surface area contributed by atoms with Crippen molar-refractivity contribution in [3.8, 4) is 11.5 Å². The van der Waals surface area contributed by atoms with E-state index in [1.54, 1.807) is 7.11 Å². The van der Waals surface area contributed by atoms with Crippen molar-refractivity contribution in [3.63, 3.8) is 0 Å². The molecule has 26 heavy (non-hydrogen) atoms. The Bertz CT molecular complexity index is 789. The Labute approximate surface area is 153 Å². The van der Waals surface area contributed by atoms with Crippen LogP contribution in [-0.2, 0) is 9.53 Å². The van der Waals surface area contributed by atoms with Gasteiger partial charge in [0.15, 0.2) is 0 Å². The van der Waals surface area contributed by atoms with E-state index in [9.17, 15) is 4.79 Å². The first-order valence-electron chi connectivity index (χ1n) is 9.47. The molecule has 2 aromatic carbocycles. The molecular formula is C22H23NO3. The lowest BCUT2D eigenvalue weighted by molar-refractivity contribution is -0.138. The third kappa shape index (κ3) is 2.36. The summed E-state index contributed by atoms with van der Waals surface area (Å²) < 4.78 is 11.7. The third-order valence-electron chi connectivity index (χ3n) is 6.20. The van der Waals surface area contributed by atoms with Gasteiger partial charge in [-0.05, 0) is 37.8 Å². The molecule has 0 aromatic heterocycles. The molecule has 3 aliphatic rings. The van der Waals surface area contributed by atoms with Gasteiger partial charge in [-0.25, -0.2) is 0 Å². The van der Waals surface area contributed by atoms with Gasteiger partial charge < -0.3 is 14.4 Å². The molecule has 0 radical (unpaired) electrons. The summed E-state index contributed by atoms with van der Waals surface area (Å²) in [5, 5.41) is 0. The van der Waals surface area contributed by atoms with Crippen LogP contribution in [0.3, 0.4) is 0 Å². The molecule has 2 aromatic rings. The Kier molecular flexibility index (Phi) is 3.75. The zero-order valence-electron chi connectivity index (χ0n) is 14.9. The number of amides is 1. The highest BCUT2D eigenvalue weighted by Crippen LogP contribution is 2.47. The number of nitrogens with zero attached hydrogens (tertiary/aromatic N) is 1. The lowest BCUT2D eigenvalue weighted by Crippen LogP contribution is -2.50. The van der Waals surface area contributed by atoms with Gasteiger partial charge in [-0.3, -0.25) is 4.79 Å². The van der Waals surface area contributed by atoms with Gasteiger partial charge in [0.2, 0.25) is 5.91 Å². The van der Waals surface area contributed by atoms with E-state index in [1.807, 2.05) is 48.5 Å². The molecule has 0 N–H and O–H groups in total. The van der Waals surface area contributed by atoms with Crippen molar-refractivity contribution < 1.29 is 14.3 Å². The van der Waals surface area contributed by atoms with Gasteiger partial charge in [0.25, 0.3) is 0 Å². The summed E-state index contributed by atoms with van der Waals surface area (Å²) >= 11 is 0. The first kappa shape index (κ1) is 15.9. The van der Waals surface area contributed by atoms with E-state index in [0.29, 0.717) is 12.1 Å². The molecule has 134 valence electrons. The van der Waals surface area contributed by atoms with E-state index in [0.717, 1.165) is 48.3 Å². The zero-order chi connectivity index (χ0) is 17.7. The summed E-state index contributed by atoms with van der Waals surface area (Å²) in [7, 11) is 1.78. The lowest BCUT2D eigenvalue weighted by Gasteiger charge is -2.41. The number of hydrogen-bond acceptors (Lipinski definition) is 3. The number of carbonyl (C=O) groups excluding carboxylic acids is 1. The van der Waals surface area contributed by atoms with Crippen LogP contribution < -0.4 is 4.74 Å². The highest BCUT2D eigenvalue weighted by atomic mass is 16.5. The van der Waals surface area contributed by atoms with Crippen LogP contribution in [0.25, 0.3) is 0 Å². The molecular weight excluding hydrogens is 326 g/mol. The summed E-state index contributed by atoms with van der Waals surface area (Å²) in [5.41, 5.74) is 1.95. The highest BCUT2D eigenvalue weighted by Gasteiger charge is 2.46. The van der Waals surface area contributed by atoms with Crippen LogP contribution in [0.1, 0.15) is 42.7 Å². The first-order valence-corrected chi connectivity index (χ1v) is 9.47. The minimum atomic E-state index is -0.279. The van der Waals surface area contributed by atoms with Gasteiger partial charge in [-0.15, -0.1) is 0 Å². The summed E-state index contributed by atoms with van der Waals surface area (Å²) in [6, 6.07) is 16.5. The number of para-hydroxylation sites is 2. The van der Waals surface area contributed by atoms with Crippen LogP contribution in [0.4, 0.5) is 0 Å². The number of rotatable bonds is 2. The fourth-order valence-electron chi connectivity index (χ4n) is 5.00. The Hall–Kier alpha value is -2.33. The zero-order valence-corrected chi connectivity index (χ0v) is 14.9. The number of benzene rings is 2. The van der Waals surface area contributed by atoms with E-state index in [-0.39, 0.29) is 17.9 Å². The van der Waals surface area contributed by atoms with Crippen LogP contribution >= 0.6 is 0 Å². The molecule has 1 amide bonds. The number of methoxy groups -OCH3 is 1. The monoisotopic (exact) mass is 349 g/mol. The number of hydrogen-bond donors (Lipinski definition) is 0. The number of fused-ring (bicyclic) bond motifs is 4. The van der Waals surface area contributed by atoms with Crippen LogP contribution in [0.2, 0.25) is 0 Å². The van der Waals surface area contributed by atoms with Crippen LogP contribution in [-0.4, -0.2) is 36.1 Å². The fraction of sp³-hybridized carbons (Fsp3) is 0.409. The van der Waals surface area contributed by atoms with Gasteiger partial charge in [0, 0.05) is 30.3 Å². The normalized spacial score (nSPS) is 26.8. The average molecular weight is 349 g/mol. The van der Waals surface area contributed by atoms with E-state index < -0.39 is 0 Å². The molecule has 4 heteroatoms. The predicted molar refractivity (Wildman–Crippen MR) is 98.5 cm³/mol. The highest BCUT2D eigenvalue weighted by molar-refractivity contribution is 5.90. The SMILES string of the molecule is COC1CC2CCC(C1)N2C(=O)C1c2ccccc2Oc2ccccc21. The maximum absolute atomic E-state index is 13.8. The van der Waals surface area contributed by atoms with Crippen molar-refractivity contribution in [3.05, 3.63) is 59.7 Å². The van der Waals surface area contributed by atoms with Gasteiger partial charge in [-0.2, -0.15) is 0 Å². The second-order valence-corrected chi connectivity index (χ2v) is 7.57. The minimum Gasteiger partial charge on any atom is -0.457 e. The van der Waals surface area contributed by atoms with E-state index >= 15 is 0 Å². The van der Waals surface area contributed by atoms with Crippen LogP contribution in [0.5, 0.6) is 11.5 Å². The summed E-state index contributed by atoms with van der Waals surface area (Å²) in [6.07, 6.45) is 4.35. The molecule has 0 saturated carbocycles. The van der Waals surface area contributed by atoms with Crippen molar-refractivity contribution in [2.75, 3.05) is 7.11 Å².